The zero-order valence-corrected chi connectivity index (χ0v) is 14.9. The summed E-state index contributed by atoms with van der Waals surface area (Å²) < 4.78 is 5.61. The van der Waals surface area contributed by atoms with Crippen LogP contribution in [0.25, 0.3) is 6.08 Å². The summed E-state index contributed by atoms with van der Waals surface area (Å²) in [4.78, 5) is 23.0. The molecule has 1 saturated heterocycles. The Morgan fingerprint density at radius 1 is 1.38 bits per heavy atom. The molecule has 0 unspecified atom stereocenters. The zero-order valence-electron chi connectivity index (χ0n) is 13.3. The molecule has 0 radical (unpaired) electrons. The minimum Gasteiger partial charge on any atom is -0.507 e. The van der Waals surface area contributed by atoms with E-state index >= 15 is 0 Å². The largest absolute Gasteiger partial charge is 0.507 e. The van der Waals surface area contributed by atoms with Gasteiger partial charge in [0.15, 0.2) is 4.32 Å². The SMILES string of the molecule is Cc1ccc(/C=C2/SC(=S)N(/N=C/c3cc([N+](=O)[O-])ccc3O)C2=O)o1. The second-order valence-corrected chi connectivity index (χ2v) is 6.86. The monoisotopic (exact) mass is 389 g/mol. The van der Waals surface area contributed by atoms with E-state index in [9.17, 15) is 20.0 Å². The van der Waals surface area contributed by atoms with Gasteiger partial charge in [0.05, 0.1) is 16.0 Å². The number of hydrazone groups is 1. The molecule has 10 heteroatoms. The molecule has 0 spiro atoms. The smallest absolute Gasteiger partial charge is 0.286 e. The maximum atomic E-state index is 12.4. The average Bonchev–Trinajstić information content (AvgIpc) is 3.11. The Labute approximate surface area is 156 Å². The number of furan rings is 1. The summed E-state index contributed by atoms with van der Waals surface area (Å²) >= 11 is 6.20. The number of rotatable bonds is 4. The van der Waals surface area contributed by atoms with Gasteiger partial charge in [0, 0.05) is 23.8 Å². The van der Waals surface area contributed by atoms with Crippen molar-refractivity contribution in [3.63, 3.8) is 0 Å². The van der Waals surface area contributed by atoms with Crippen molar-refractivity contribution in [3.8, 4) is 5.75 Å². The van der Waals surface area contributed by atoms with E-state index in [1.807, 2.05) is 0 Å². The highest BCUT2D eigenvalue weighted by molar-refractivity contribution is 8.26. The second kappa shape index (κ2) is 7.10. The lowest BCUT2D eigenvalue weighted by Crippen LogP contribution is -2.22. The molecule has 2 heterocycles. The Hall–Kier alpha value is -2.98. The maximum absolute atomic E-state index is 12.4. The molecule has 26 heavy (non-hydrogen) atoms. The van der Waals surface area contributed by atoms with Gasteiger partial charge < -0.3 is 9.52 Å². The Bertz CT molecular complexity index is 980. The Balaban J connectivity index is 1.84. The van der Waals surface area contributed by atoms with Gasteiger partial charge >= 0.3 is 0 Å². The summed E-state index contributed by atoms with van der Waals surface area (Å²) in [5.74, 6) is 0.579. The van der Waals surface area contributed by atoms with Gasteiger partial charge in [-0.3, -0.25) is 14.9 Å². The van der Waals surface area contributed by atoms with Gasteiger partial charge in [-0.1, -0.05) is 11.8 Å². The number of phenolic OH excluding ortho intramolecular Hbond substituents is 1. The van der Waals surface area contributed by atoms with E-state index in [-0.39, 0.29) is 21.3 Å². The molecule has 1 N–H and O–H groups in total. The number of nitro groups is 1. The zero-order chi connectivity index (χ0) is 18.8. The molecule has 2 aromatic rings. The average molecular weight is 389 g/mol. The van der Waals surface area contributed by atoms with Crippen LogP contribution >= 0.6 is 24.0 Å². The van der Waals surface area contributed by atoms with Crippen LogP contribution in [0.3, 0.4) is 0 Å². The van der Waals surface area contributed by atoms with Crippen LogP contribution in [0.5, 0.6) is 5.75 Å². The minimum atomic E-state index is -0.593. The van der Waals surface area contributed by atoms with Crippen molar-refractivity contribution in [1.29, 1.82) is 0 Å². The van der Waals surface area contributed by atoms with Crippen LogP contribution in [0, 0.1) is 17.0 Å². The van der Waals surface area contributed by atoms with E-state index in [1.165, 1.54) is 12.1 Å². The molecule has 1 fully saturated rings. The lowest BCUT2D eigenvalue weighted by Gasteiger charge is -2.06. The second-order valence-electron chi connectivity index (χ2n) is 5.19. The normalized spacial score (nSPS) is 16.2. The van der Waals surface area contributed by atoms with Crippen molar-refractivity contribution in [3.05, 3.63) is 62.4 Å². The van der Waals surface area contributed by atoms with Crippen molar-refractivity contribution < 1.29 is 19.2 Å². The predicted octanol–water partition coefficient (Wildman–Crippen LogP) is 3.44. The first-order valence-electron chi connectivity index (χ1n) is 7.21. The summed E-state index contributed by atoms with van der Waals surface area (Å²) in [5, 5.41) is 25.6. The number of carbonyl (C=O) groups is 1. The number of nitro benzene ring substituents is 1. The molecule has 1 amide bonds. The number of hydrogen-bond acceptors (Lipinski definition) is 8. The quantitative estimate of drug-likeness (QED) is 0.280. The number of phenols is 1. The number of thiocarbonyl (C=S) groups is 1. The minimum absolute atomic E-state index is 0.0962. The molecule has 1 aromatic carbocycles. The van der Waals surface area contributed by atoms with Crippen LogP contribution in [-0.4, -0.2) is 31.5 Å². The fourth-order valence-corrected chi connectivity index (χ4v) is 3.25. The maximum Gasteiger partial charge on any atom is 0.286 e. The van der Waals surface area contributed by atoms with Gasteiger partial charge in [-0.2, -0.15) is 10.1 Å². The van der Waals surface area contributed by atoms with Crippen molar-refractivity contribution in [1.82, 2.24) is 5.01 Å². The molecule has 132 valence electrons. The van der Waals surface area contributed by atoms with Crippen molar-refractivity contribution in [2.75, 3.05) is 0 Å². The van der Waals surface area contributed by atoms with Gasteiger partial charge in [-0.15, -0.1) is 0 Å². The first kappa shape index (κ1) is 17.8. The number of benzene rings is 1. The molecule has 1 aliphatic heterocycles. The standard InChI is InChI=1S/C16H11N3O5S2/c1-9-2-4-12(24-9)7-14-15(21)18(16(25)26-14)17-8-10-6-11(19(22)23)3-5-13(10)20/h2-8,20H,1H3/b14-7+,17-8+. The van der Waals surface area contributed by atoms with Gasteiger partial charge in [0.25, 0.3) is 11.6 Å². The van der Waals surface area contributed by atoms with E-state index in [0.717, 1.165) is 29.1 Å². The summed E-state index contributed by atoms with van der Waals surface area (Å²) in [6.45, 7) is 1.79. The third kappa shape index (κ3) is 3.65. The highest BCUT2D eigenvalue weighted by Gasteiger charge is 2.32. The van der Waals surface area contributed by atoms with E-state index < -0.39 is 10.8 Å². The first-order valence-corrected chi connectivity index (χ1v) is 8.43. The number of carbonyl (C=O) groups excluding carboxylic acids is 1. The summed E-state index contributed by atoms with van der Waals surface area (Å²) in [7, 11) is 0. The van der Waals surface area contributed by atoms with Crippen molar-refractivity contribution in [2.45, 2.75) is 6.92 Å². The third-order valence-electron chi connectivity index (χ3n) is 3.34. The fraction of sp³-hybridized carbons (Fsp3) is 0.0625. The van der Waals surface area contributed by atoms with E-state index in [2.05, 4.69) is 5.10 Å². The third-order valence-corrected chi connectivity index (χ3v) is 4.62. The fourth-order valence-electron chi connectivity index (χ4n) is 2.10. The summed E-state index contributed by atoms with van der Waals surface area (Å²) in [6.07, 6.45) is 2.71. The number of non-ortho nitro benzene ring substituents is 1. The molecule has 3 rings (SSSR count). The molecule has 1 aromatic heterocycles. The van der Waals surface area contributed by atoms with Gasteiger partial charge in [0.2, 0.25) is 0 Å². The Kier molecular flexibility index (Phi) is 4.87. The van der Waals surface area contributed by atoms with Crippen LogP contribution in [0.1, 0.15) is 17.1 Å². The number of amides is 1. The number of thioether (sulfide) groups is 1. The predicted molar refractivity (Wildman–Crippen MR) is 101 cm³/mol. The van der Waals surface area contributed by atoms with Crippen LogP contribution in [0.15, 0.2) is 44.8 Å². The molecule has 0 atom stereocenters. The van der Waals surface area contributed by atoms with Crippen LogP contribution in [-0.2, 0) is 4.79 Å². The molecular weight excluding hydrogens is 378 g/mol. The molecule has 8 nitrogen and oxygen atoms in total. The lowest BCUT2D eigenvalue weighted by atomic mass is 10.2. The van der Waals surface area contributed by atoms with Crippen molar-refractivity contribution >= 4 is 52.2 Å². The summed E-state index contributed by atoms with van der Waals surface area (Å²) in [5.41, 5.74) is -0.110. The van der Waals surface area contributed by atoms with E-state index in [4.69, 9.17) is 16.6 Å². The molecule has 1 aliphatic rings. The van der Waals surface area contributed by atoms with Crippen LogP contribution in [0.4, 0.5) is 5.69 Å². The van der Waals surface area contributed by atoms with E-state index in [0.29, 0.717) is 16.4 Å². The van der Waals surface area contributed by atoms with E-state index in [1.54, 1.807) is 25.1 Å². The molecule has 0 aliphatic carbocycles. The van der Waals surface area contributed by atoms with Crippen LogP contribution in [0.2, 0.25) is 0 Å². The molecule has 0 bridgehead atoms. The highest BCUT2D eigenvalue weighted by atomic mass is 32.2. The number of aryl methyl sites for hydroxylation is 1. The highest BCUT2D eigenvalue weighted by Crippen LogP contribution is 2.33. The van der Waals surface area contributed by atoms with Crippen LogP contribution < -0.4 is 0 Å². The lowest BCUT2D eigenvalue weighted by molar-refractivity contribution is -0.384. The first-order chi connectivity index (χ1) is 12.3. The number of nitrogens with zero attached hydrogens (tertiary/aromatic N) is 3. The molecular formula is C16H11N3O5S2. The van der Waals surface area contributed by atoms with Gasteiger partial charge in [-0.25, -0.2) is 0 Å². The van der Waals surface area contributed by atoms with Gasteiger partial charge in [-0.05, 0) is 37.3 Å². The summed E-state index contributed by atoms with van der Waals surface area (Å²) in [6, 6.07) is 7.00. The van der Waals surface area contributed by atoms with Gasteiger partial charge in [0.1, 0.15) is 17.3 Å². The topological polar surface area (TPSA) is 109 Å². The van der Waals surface area contributed by atoms with Crippen molar-refractivity contribution in [2.24, 2.45) is 5.10 Å². The Morgan fingerprint density at radius 3 is 2.81 bits per heavy atom. The Morgan fingerprint density at radius 2 is 2.15 bits per heavy atom. The number of aromatic hydroxyl groups is 1. The molecule has 0 saturated carbocycles. The number of hydrogen-bond donors (Lipinski definition) is 1.